The van der Waals surface area contributed by atoms with E-state index in [9.17, 15) is 10.1 Å². The maximum Gasteiger partial charge on any atom is 0.269 e. The van der Waals surface area contributed by atoms with Crippen LogP contribution in [0.1, 0.15) is 5.56 Å². The number of hydrogen-bond donors (Lipinski definition) is 2. The Hall–Kier alpha value is -3.26. The van der Waals surface area contributed by atoms with Crippen LogP contribution in [0.2, 0.25) is 0 Å². The number of anilines is 2. The van der Waals surface area contributed by atoms with E-state index in [0.717, 1.165) is 5.56 Å². The number of hydrogen-bond acceptors (Lipinski definition) is 4. The van der Waals surface area contributed by atoms with Gasteiger partial charge in [-0.15, -0.1) is 0 Å². The molecule has 0 spiro atoms. The molecule has 0 bridgehead atoms. The Bertz CT molecular complexity index is 878. The first-order valence-corrected chi connectivity index (χ1v) is 7.91. The Balaban J connectivity index is 1.57. The molecule has 126 valence electrons. The predicted octanol–water partition coefficient (Wildman–Crippen LogP) is 3.65. The standard InChI is InChI=1S/C17H15N5O2S/c23-22(24)15-8-6-14(7-9-15)18-17(25)19-16-10-11-21(20-16)12-13-4-2-1-3-5-13/h1-11H,12H2,(H2,18,19,20,25). The van der Waals surface area contributed by atoms with Crippen LogP contribution < -0.4 is 10.6 Å². The number of nitro groups is 1. The lowest BCUT2D eigenvalue weighted by Gasteiger charge is -2.08. The Morgan fingerprint density at radius 1 is 1.08 bits per heavy atom. The fraction of sp³-hybridized carbons (Fsp3) is 0.0588. The molecule has 0 amide bonds. The molecule has 0 aliphatic heterocycles. The van der Waals surface area contributed by atoms with Crippen molar-refractivity contribution in [2.45, 2.75) is 6.54 Å². The maximum absolute atomic E-state index is 10.6. The van der Waals surface area contributed by atoms with Crippen molar-refractivity contribution >= 4 is 34.5 Å². The molecular weight excluding hydrogens is 338 g/mol. The second-order valence-corrected chi connectivity index (χ2v) is 5.68. The molecule has 7 nitrogen and oxygen atoms in total. The molecule has 3 rings (SSSR count). The van der Waals surface area contributed by atoms with Gasteiger partial charge in [0.25, 0.3) is 5.69 Å². The van der Waals surface area contributed by atoms with Gasteiger partial charge in [0.15, 0.2) is 10.9 Å². The van der Waals surface area contributed by atoms with Gasteiger partial charge in [-0.05, 0) is 29.9 Å². The summed E-state index contributed by atoms with van der Waals surface area (Å²) in [7, 11) is 0. The zero-order valence-corrected chi connectivity index (χ0v) is 13.9. The van der Waals surface area contributed by atoms with Crippen LogP contribution >= 0.6 is 12.2 Å². The zero-order chi connectivity index (χ0) is 17.6. The zero-order valence-electron chi connectivity index (χ0n) is 13.1. The normalized spacial score (nSPS) is 10.2. The second kappa shape index (κ2) is 7.54. The van der Waals surface area contributed by atoms with E-state index in [-0.39, 0.29) is 5.69 Å². The number of rotatable bonds is 5. The Labute approximate surface area is 149 Å². The van der Waals surface area contributed by atoms with Crippen molar-refractivity contribution in [1.82, 2.24) is 9.78 Å². The minimum absolute atomic E-state index is 0.0316. The highest BCUT2D eigenvalue weighted by Gasteiger charge is 2.06. The minimum atomic E-state index is -0.445. The van der Waals surface area contributed by atoms with E-state index in [1.54, 1.807) is 12.1 Å². The molecule has 2 N–H and O–H groups in total. The average molecular weight is 353 g/mol. The fourth-order valence-electron chi connectivity index (χ4n) is 2.23. The van der Waals surface area contributed by atoms with E-state index in [2.05, 4.69) is 15.7 Å². The Morgan fingerprint density at radius 3 is 2.48 bits per heavy atom. The maximum atomic E-state index is 10.6. The van der Waals surface area contributed by atoms with E-state index < -0.39 is 4.92 Å². The number of nitrogens with one attached hydrogen (secondary N) is 2. The third-order valence-corrected chi connectivity index (χ3v) is 3.61. The quantitative estimate of drug-likeness (QED) is 0.414. The molecule has 0 radical (unpaired) electrons. The summed E-state index contributed by atoms with van der Waals surface area (Å²) in [6, 6.07) is 17.9. The number of thiocarbonyl (C=S) groups is 1. The van der Waals surface area contributed by atoms with Crippen LogP contribution in [0.25, 0.3) is 0 Å². The number of benzene rings is 2. The molecular formula is C17H15N5O2S. The molecule has 1 aromatic heterocycles. The topological polar surface area (TPSA) is 85.0 Å². The van der Waals surface area contributed by atoms with Crippen LogP contribution in [0, 0.1) is 10.1 Å². The molecule has 0 saturated heterocycles. The summed E-state index contributed by atoms with van der Waals surface area (Å²) in [4.78, 5) is 10.2. The summed E-state index contributed by atoms with van der Waals surface area (Å²) in [6.07, 6.45) is 1.86. The lowest BCUT2D eigenvalue weighted by Crippen LogP contribution is -2.19. The van der Waals surface area contributed by atoms with Gasteiger partial charge in [0.1, 0.15) is 0 Å². The minimum Gasteiger partial charge on any atom is -0.332 e. The highest BCUT2D eigenvalue weighted by Crippen LogP contribution is 2.15. The van der Waals surface area contributed by atoms with E-state index in [0.29, 0.717) is 23.2 Å². The van der Waals surface area contributed by atoms with Crippen molar-refractivity contribution in [1.29, 1.82) is 0 Å². The largest absolute Gasteiger partial charge is 0.332 e. The lowest BCUT2D eigenvalue weighted by atomic mass is 10.2. The fourth-order valence-corrected chi connectivity index (χ4v) is 2.45. The molecule has 25 heavy (non-hydrogen) atoms. The van der Waals surface area contributed by atoms with E-state index in [1.165, 1.54) is 12.1 Å². The summed E-state index contributed by atoms with van der Waals surface area (Å²) in [5.74, 6) is 0.621. The summed E-state index contributed by atoms with van der Waals surface area (Å²) in [6.45, 7) is 0.672. The van der Waals surface area contributed by atoms with Crippen LogP contribution in [0.5, 0.6) is 0 Å². The average Bonchev–Trinajstić information content (AvgIpc) is 3.03. The first kappa shape index (κ1) is 16.6. The van der Waals surface area contributed by atoms with Crippen molar-refractivity contribution < 1.29 is 4.92 Å². The molecule has 3 aromatic rings. The summed E-state index contributed by atoms with van der Waals surface area (Å²) in [5, 5.41) is 21.4. The highest BCUT2D eigenvalue weighted by atomic mass is 32.1. The Kier molecular flexibility index (Phi) is 5.00. The van der Waals surface area contributed by atoms with Crippen LogP contribution in [-0.4, -0.2) is 19.8 Å². The monoisotopic (exact) mass is 353 g/mol. The molecule has 0 aliphatic carbocycles. The van der Waals surface area contributed by atoms with Gasteiger partial charge in [0.05, 0.1) is 11.5 Å². The summed E-state index contributed by atoms with van der Waals surface area (Å²) >= 11 is 5.24. The van der Waals surface area contributed by atoms with Gasteiger partial charge in [-0.3, -0.25) is 14.8 Å². The van der Waals surface area contributed by atoms with Gasteiger partial charge in [-0.25, -0.2) is 0 Å². The SMILES string of the molecule is O=[N+]([O-])c1ccc(NC(=S)Nc2ccn(Cc3ccccc3)n2)cc1. The van der Waals surface area contributed by atoms with Crippen LogP contribution in [0.3, 0.4) is 0 Å². The molecule has 0 aliphatic rings. The number of aromatic nitrogens is 2. The van der Waals surface area contributed by atoms with Crippen molar-refractivity contribution in [3.63, 3.8) is 0 Å². The Morgan fingerprint density at radius 2 is 1.80 bits per heavy atom. The number of non-ortho nitro benzene ring substituents is 1. The molecule has 1 heterocycles. The predicted molar refractivity (Wildman–Crippen MR) is 101 cm³/mol. The van der Waals surface area contributed by atoms with Crippen LogP contribution in [0.15, 0.2) is 66.9 Å². The number of nitro benzene ring substituents is 1. The first-order chi connectivity index (χ1) is 12.1. The van der Waals surface area contributed by atoms with Crippen LogP contribution in [0.4, 0.5) is 17.2 Å². The molecule has 0 fully saturated rings. The molecule has 0 saturated carbocycles. The number of nitrogens with zero attached hydrogens (tertiary/aromatic N) is 3. The van der Waals surface area contributed by atoms with Crippen molar-refractivity contribution in [3.05, 3.63) is 82.5 Å². The highest BCUT2D eigenvalue weighted by molar-refractivity contribution is 7.80. The lowest BCUT2D eigenvalue weighted by molar-refractivity contribution is -0.384. The van der Waals surface area contributed by atoms with E-state index in [4.69, 9.17) is 12.2 Å². The van der Waals surface area contributed by atoms with Gasteiger partial charge in [-0.1, -0.05) is 30.3 Å². The van der Waals surface area contributed by atoms with Gasteiger partial charge in [-0.2, -0.15) is 5.10 Å². The summed E-state index contributed by atoms with van der Waals surface area (Å²) < 4.78 is 1.81. The third-order valence-electron chi connectivity index (χ3n) is 3.41. The van der Waals surface area contributed by atoms with Crippen molar-refractivity contribution in [2.24, 2.45) is 0 Å². The van der Waals surface area contributed by atoms with Crippen molar-refractivity contribution in [2.75, 3.05) is 10.6 Å². The van der Waals surface area contributed by atoms with Gasteiger partial charge < -0.3 is 10.6 Å². The van der Waals surface area contributed by atoms with Gasteiger partial charge in [0.2, 0.25) is 0 Å². The van der Waals surface area contributed by atoms with Crippen LogP contribution in [-0.2, 0) is 6.54 Å². The first-order valence-electron chi connectivity index (χ1n) is 7.50. The molecule has 0 atom stereocenters. The van der Waals surface area contributed by atoms with E-state index in [1.807, 2.05) is 47.3 Å². The molecule has 0 unspecified atom stereocenters. The molecule has 2 aromatic carbocycles. The second-order valence-electron chi connectivity index (χ2n) is 5.27. The van der Waals surface area contributed by atoms with Crippen molar-refractivity contribution in [3.8, 4) is 0 Å². The third kappa shape index (κ3) is 4.61. The molecule has 8 heteroatoms. The smallest absolute Gasteiger partial charge is 0.269 e. The van der Waals surface area contributed by atoms with Gasteiger partial charge >= 0.3 is 0 Å². The summed E-state index contributed by atoms with van der Waals surface area (Å²) in [5.41, 5.74) is 1.85. The van der Waals surface area contributed by atoms with E-state index >= 15 is 0 Å². The van der Waals surface area contributed by atoms with Gasteiger partial charge in [0, 0.05) is 30.1 Å².